The summed E-state index contributed by atoms with van der Waals surface area (Å²) in [6.45, 7) is 4.32. The molecule has 0 radical (unpaired) electrons. The predicted molar refractivity (Wildman–Crippen MR) is 80.0 cm³/mol. The van der Waals surface area contributed by atoms with Crippen LogP contribution in [0.3, 0.4) is 0 Å². The Morgan fingerprint density at radius 1 is 1.29 bits per heavy atom. The molecule has 2 aromatic rings. The third-order valence-corrected chi connectivity index (χ3v) is 4.15. The SMILES string of the molecule is Cc1ccc(Cc2noc(CC3CCN(C)CC3)n2)cn1. The van der Waals surface area contributed by atoms with E-state index in [-0.39, 0.29) is 0 Å². The summed E-state index contributed by atoms with van der Waals surface area (Å²) in [5.74, 6) is 2.21. The summed E-state index contributed by atoms with van der Waals surface area (Å²) in [7, 11) is 2.18. The maximum atomic E-state index is 5.40. The molecule has 0 spiro atoms. The van der Waals surface area contributed by atoms with Crippen molar-refractivity contribution in [2.75, 3.05) is 20.1 Å². The van der Waals surface area contributed by atoms with Crippen molar-refractivity contribution in [1.29, 1.82) is 0 Å². The van der Waals surface area contributed by atoms with Gasteiger partial charge in [-0.1, -0.05) is 11.2 Å². The van der Waals surface area contributed by atoms with E-state index in [9.17, 15) is 0 Å². The van der Waals surface area contributed by atoms with Gasteiger partial charge in [-0.25, -0.2) is 0 Å². The fourth-order valence-corrected chi connectivity index (χ4v) is 2.74. The smallest absolute Gasteiger partial charge is 0.226 e. The third kappa shape index (κ3) is 3.88. The van der Waals surface area contributed by atoms with Crippen LogP contribution in [0.5, 0.6) is 0 Å². The molecule has 0 bridgehead atoms. The number of aryl methyl sites for hydroxylation is 1. The minimum Gasteiger partial charge on any atom is -0.339 e. The van der Waals surface area contributed by atoms with E-state index in [0.29, 0.717) is 12.3 Å². The maximum Gasteiger partial charge on any atom is 0.226 e. The monoisotopic (exact) mass is 286 g/mol. The number of hydrogen-bond donors (Lipinski definition) is 0. The Bertz CT molecular complexity index is 570. The molecule has 0 aliphatic carbocycles. The molecule has 1 saturated heterocycles. The Morgan fingerprint density at radius 3 is 2.81 bits per heavy atom. The molecule has 1 aliphatic rings. The lowest BCUT2D eigenvalue weighted by Crippen LogP contribution is -2.30. The van der Waals surface area contributed by atoms with E-state index in [2.05, 4.69) is 33.1 Å². The highest BCUT2D eigenvalue weighted by Gasteiger charge is 2.19. The number of nitrogens with zero attached hydrogens (tertiary/aromatic N) is 4. The summed E-state index contributed by atoms with van der Waals surface area (Å²) < 4.78 is 5.40. The summed E-state index contributed by atoms with van der Waals surface area (Å²) in [6, 6.07) is 4.07. The molecule has 0 aromatic carbocycles. The van der Waals surface area contributed by atoms with Crippen LogP contribution in [-0.4, -0.2) is 40.2 Å². The fourth-order valence-electron chi connectivity index (χ4n) is 2.74. The molecule has 5 heteroatoms. The lowest BCUT2D eigenvalue weighted by atomic mass is 9.94. The second-order valence-corrected chi connectivity index (χ2v) is 6.04. The summed E-state index contributed by atoms with van der Waals surface area (Å²) in [6.07, 6.45) is 5.91. The number of piperidine rings is 1. The average Bonchev–Trinajstić information content (AvgIpc) is 2.91. The molecule has 2 aromatic heterocycles. The van der Waals surface area contributed by atoms with Crippen LogP contribution in [0, 0.1) is 12.8 Å². The van der Waals surface area contributed by atoms with Crippen LogP contribution in [0.1, 0.15) is 35.8 Å². The van der Waals surface area contributed by atoms with Gasteiger partial charge in [0.15, 0.2) is 5.82 Å². The normalized spacial score (nSPS) is 17.2. The Balaban J connectivity index is 1.57. The predicted octanol–water partition coefficient (Wildman–Crippen LogP) is 2.25. The number of hydrogen-bond acceptors (Lipinski definition) is 5. The number of aromatic nitrogens is 3. The first kappa shape index (κ1) is 14.2. The Morgan fingerprint density at radius 2 is 2.10 bits per heavy atom. The van der Waals surface area contributed by atoms with Gasteiger partial charge in [-0.3, -0.25) is 4.98 Å². The lowest BCUT2D eigenvalue weighted by Gasteiger charge is -2.27. The van der Waals surface area contributed by atoms with Gasteiger partial charge < -0.3 is 9.42 Å². The van der Waals surface area contributed by atoms with Gasteiger partial charge in [-0.15, -0.1) is 0 Å². The lowest BCUT2D eigenvalue weighted by molar-refractivity contribution is 0.208. The topological polar surface area (TPSA) is 55.1 Å². The molecule has 3 rings (SSSR count). The number of rotatable bonds is 4. The van der Waals surface area contributed by atoms with Crippen molar-refractivity contribution in [2.24, 2.45) is 5.92 Å². The molecule has 112 valence electrons. The first-order chi connectivity index (χ1) is 10.2. The largest absolute Gasteiger partial charge is 0.339 e. The molecule has 0 amide bonds. The highest BCUT2D eigenvalue weighted by Crippen LogP contribution is 2.20. The molecule has 0 saturated carbocycles. The van der Waals surface area contributed by atoms with Crippen molar-refractivity contribution in [2.45, 2.75) is 32.6 Å². The standard InChI is InChI=1S/C16H22N4O/c1-12-3-4-14(11-17-12)9-15-18-16(21-19-15)10-13-5-7-20(2)8-6-13/h3-4,11,13H,5-10H2,1-2H3. The minimum absolute atomic E-state index is 0.676. The highest BCUT2D eigenvalue weighted by atomic mass is 16.5. The third-order valence-electron chi connectivity index (χ3n) is 4.15. The van der Waals surface area contributed by atoms with E-state index in [1.165, 1.54) is 25.9 Å². The summed E-state index contributed by atoms with van der Waals surface area (Å²) in [5.41, 5.74) is 2.14. The number of likely N-dealkylation sites (tertiary alicyclic amines) is 1. The summed E-state index contributed by atoms with van der Waals surface area (Å²) in [4.78, 5) is 11.2. The molecule has 0 N–H and O–H groups in total. The van der Waals surface area contributed by atoms with Crippen molar-refractivity contribution in [1.82, 2.24) is 20.0 Å². The van der Waals surface area contributed by atoms with Gasteiger partial charge in [0.2, 0.25) is 5.89 Å². The average molecular weight is 286 g/mol. The van der Waals surface area contributed by atoms with Crippen molar-refractivity contribution >= 4 is 0 Å². The van der Waals surface area contributed by atoms with Gasteiger partial charge in [-0.05, 0) is 57.5 Å². The van der Waals surface area contributed by atoms with Crippen LogP contribution in [0.15, 0.2) is 22.9 Å². The Labute approximate surface area is 125 Å². The van der Waals surface area contributed by atoms with E-state index in [1.54, 1.807) is 0 Å². The van der Waals surface area contributed by atoms with Gasteiger partial charge in [0.1, 0.15) is 0 Å². The fraction of sp³-hybridized carbons (Fsp3) is 0.562. The van der Waals surface area contributed by atoms with E-state index < -0.39 is 0 Å². The number of pyridine rings is 1. The van der Waals surface area contributed by atoms with E-state index in [1.807, 2.05) is 19.2 Å². The maximum absolute atomic E-state index is 5.40. The molecule has 0 unspecified atom stereocenters. The van der Waals surface area contributed by atoms with Crippen molar-refractivity contribution < 1.29 is 4.52 Å². The van der Waals surface area contributed by atoms with Gasteiger partial charge in [-0.2, -0.15) is 4.98 Å². The van der Waals surface area contributed by atoms with Gasteiger partial charge in [0, 0.05) is 24.7 Å². The zero-order valence-electron chi connectivity index (χ0n) is 12.7. The van der Waals surface area contributed by atoms with Crippen LogP contribution >= 0.6 is 0 Å². The summed E-state index contributed by atoms with van der Waals surface area (Å²) in [5, 5.41) is 4.09. The zero-order valence-corrected chi connectivity index (χ0v) is 12.7. The summed E-state index contributed by atoms with van der Waals surface area (Å²) >= 11 is 0. The minimum atomic E-state index is 0.676. The quantitative estimate of drug-likeness (QED) is 0.863. The molecule has 0 atom stereocenters. The van der Waals surface area contributed by atoms with Crippen LogP contribution in [-0.2, 0) is 12.8 Å². The first-order valence-electron chi connectivity index (χ1n) is 7.60. The first-order valence-corrected chi connectivity index (χ1v) is 7.60. The van der Waals surface area contributed by atoms with Crippen LogP contribution < -0.4 is 0 Å². The van der Waals surface area contributed by atoms with Gasteiger partial charge in [0.25, 0.3) is 0 Å². The van der Waals surface area contributed by atoms with Gasteiger partial charge in [0.05, 0.1) is 0 Å². The Hall–Kier alpha value is -1.75. The molecule has 3 heterocycles. The molecule has 1 fully saturated rings. The second kappa shape index (κ2) is 6.35. The van der Waals surface area contributed by atoms with Crippen LogP contribution in [0.25, 0.3) is 0 Å². The van der Waals surface area contributed by atoms with Crippen molar-refractivity contribution in [3.8, 4) is 0 Å². The highest BCUT2D eigenvalue weighted by molar-refractivity contribution is 5.16. The molecular weight excluding hydrogens is 264 g/mol. The molecular formula is C16H22N4O. The van der Waals surface area contributed by atoms with E-state index >= 15 is 0 Å². The van der Waals surface area contributed by atoms with Crippen LogP contribution in [0.2, 0.25) is 0 Å². The van der Waals surface area contributed by atoms with Crippen molar-refractivity contribution in [3.05, 3.63) is 41.3 Å². The molecule has 1 aliphatic heterocycles. The molecule has 5 nitrogen and oxygen atoms in total. The Kier molecular flexibility index (Phi) is 4.29. The van der Waals surface area contributed by atoms with Crippen molar-refractivity contribution in [3.63, 3.8) is 0 Å². The molecule has 21 heavy (non-hydrogen) atoms. The zero-order chi connectivity index (χ0) is 14.7. The van der Waals surface area contributed by atoms with E-state index in [0.717, 1.165) is 29.4 Å². The van der Waals surface area contributed by atoms with Crippen LogP contribution in [0.4, 0.5) is 0 Å². The van der Waals surface area contributed by atoms with Gasteiger partial charge >= 0.3 is 0 Å². The van der Waals surface area contributed by atoms with E-state index in [4.69, 9.17) is 4.52 Å². The second-order valence-electron chi connectivity index (χ2n) is 6.04.